The van der Waals surface area contributed by atoms with Crippen molar-refractivity contribution in [3.05, 3.63) is 59.1 Å². The van der Waals surface area contributed by atoms with Gasteiger partial charge in [0.2, 0.25) is 0 Å². The first-order chi connectivity index (χ1) is 12.7. The molecule has 26 heavy (non-hydrogen) atoms. The quantitative estimate of drug-likeness (QED) is 0.670. The van der Waals surface area contributed by atoms with E-state index in [1.54, 1.807) is 11.3 Å². The summed E-state index contributed by atoms with van der Waals surface area (Å²) < 4.78 is 6.91. The zero-order chi connectivity index (χ0) is 17.9. The van der Waals surface area contributed by atoms with Gasteiger partial charge in [0.25, 0.3) is 5.91 Å². The van der Waals surface area contributed by atoms with Crippen molar-refractivity contribution in [2.75, 3.05) is 13.2 Å². The Bertz CT molecular complexity index is 888. The molecule has 0 radical (unpaired) electrons. The number of carbonyl (C=O) groups is 1. The van der Waals surface area contributed by atoms with Crippen LogP contribution in [0.25, 0.3) is 10.2 Å². The minimum Gasteiger partial charge on any atom is -0.484 e. The molecule has 2 heterocycles. The third kappa shape index (κ3) is 3.58. The van der Waals surface area contributed by atoms with Crippen molar-refractivity contribution in [2.45, 2.75) is 32.2 Å². The van der Waals surface area contributed by atoms with E-state index >= 15 is 0 Å². The first-order valence-electron chi connectivity index (χ1n) is 9.05. The zero-order valence-electron chi connectivity index (χ0n) is 14.9. The summed E-state index contributed by atoms with van der Waals surface area (Å²) >= 11 is 1.70. The van der Waals surface area contributed by atoms with Crippen LogP contribution in [0.3, 0.4) is 0 Å². The highest BCUT2D eigenvalue weighted by Crippen LogP contribution is 2.35. The van der Waals surface area contributed by atoms with Crippen LogP contribution in [-0.2, 0) is 4.79 Å². The number of likely N-dealkylation sites (tertiary alicyclic amines) is 1. The van der Waals surface area contributed by atoms with Crippen molar-refractivity contribution in [1.82, 2.24) is 9.88 Å². The van der Waals surface area contributed by atoms with Crippen molar-refractivity contribution in [1.29, 1.82) is 0 Å². The maximum atomic E-state index is 12.8. The summed E-state index contributed by atoms with van der Waals surface area (Å²) in [7, 11) is 0. The minimum atomic E-state index is 0.0375. The number of hydrogen-bond acceptors (Lipinski definition) is 4. The molecule has 4 rings (SSSR count). The summed E-state index contributed by atoms with van der Waals surface area (Å²) in [5.41, 5.74) is 2.14. The average molecular weight is 366 g/mol. The number of hydrogen-bond donors (Lipinski definition) is 0. The van der Waals surface area contributed by atoms with Crippen molar-refractivity contribution < 1.29 is 9.53 Å². The highest BCUT2D eigenvalue weighted by Gasteiger charge is 2.30. The molecule has 0 spiro atoms. The van der Waals surface area contributed by atoms with Crippen LogP contribution in [-0.4, -0.2) is 28.9 Å². The summed E-state index contributed by atoms with van der Waals surface area (Å²) in [5, 5.41) is 1.04. The minimum absolute atomic E-state index is 0.0375. The number of para-hydroxylation sites is 1. The maximum absolute atomic E-state index is 12.8. The van der Waals surface area contributed by atoms with E-state index in [1.165, 1.54) is 4.70 Å². The van der Waals surface area contributed by atoms with Gasteiger partial charge >= 0.3 is 0 Å². The van der Waals surface area contributed by atoms with Crippen molar-refractivity contribution >= 4 is 27.5 Å². The molecule has 4 nitrogen and oxygen atoms in total. The number of benzene rings is 2. The van der Waals surface area contributed by atoms with Gasteiger partial charge in [-0.25, -0.2) is 4.98 Å². The van der Waals surface area contributed by atoms with Crippen LogP contribution in [0.15, 0.2) is 48.5 Å². The van der Waals surface area contributed by atoms with Gasteiger partial charge < -0.3 is 9.64 Å². The molecule has 0 saturated carbocycles. The third-order valence-electron chi connectivity index (χ3n) is 4.77. The van der Waals surface area contributed by atoms with Gasteiger partial charge in [0.05, 0.1) is 16.3 Å². The van der Waals surface area contributed by atoms with Crippen LogP contribution < -0.4 is 4.74 Å². The fourth-order valence-electron chi connectivity index (χ4n) is 3.45. The van der Waals surface area contributed by atoms with Gasteiger partial charge in [-0.2, -0.15) is 0 Å². The fraction of sp³-hybridized carbons (Fsp3) is 0.333. The van der Waals surface area contributed by atoms with Crippen molar-refractivity contribution in [3.8, 4) is 5.75 Å². The molecule has 0 N–H and O–H groups in total. The summed E-state index contributed by atoms with van der Waals surface area (Å²) in [6.07, 6.45) is 3.14. The summed E-state index contributed by atoms with van der Waals surface area (Å²) in [5.74, 6) is 0.780. The number of thiazole rings is 1. The number of nitrogens with zero attached hydrogens (tertiary/aromatic N) is 2. The molecule has 1 aliphatic heterocycles. The lowest BCUT2D eigenvalue weighted by Gasteiger charge is -2.34. The molecule has 2 aromatic carbocycles. The first-order valence-corrected chi connectivity index (χ1v) is 9.87. The van der Waals surface area contributed by atoms with Crippen LogP contribution in [0.1, 0.15) is 35.9 Å². The first kappa shape index (κ1) is 17.0. The molecular weight excluding hydrogens is 344 g/mol. The lowest BCUT2D eigenvalue weighted by atomic mass is 10.0. The highest BCUT2D eigenvalue weighted by atomic mass is 32.1. The second-order valence-electron chi connectivity index (χ2n) is 6.72. The Balaban J connectivity index is 1.50. The molecule has 0 bridgehead atoms. The highest BCUT2D eigenvalue weighted by molar-refractivity contribution is 7.18. The molecule has 1 atom stereocenters. The van der Waals surface area contributed by atoms with Gasteiger partial charge in [0.15, 0.2) is 6.61 Å². The molecule has 5 heteroatoms. The third-order valence-corrected chi connectivity index (χ3v) is 5.91. The van der Waals surface area contributed by atoms with E-state index in [0.717, 1.165) is 47.6 Å². The van der Waals surface area contributed by atoms with Gasteiger partial charge in [-0.1, -0.05) is 24.3 Å². The van der Waals surface area contributed by atoms with E-state index in [1.807, 2.05) is 54.3 Å². The molecule has 1 aliphatic rings. The molecule has 1 amide bonds. The Labute approximate surface area is 157 Å². The van der Waals surface area contributed by atoms with E-state index in [4.69, 9.17) is 9.72 Å². The molecule has 1 unspecified atom stereocenters. The maximum Gasteiger partial charge on any atom is 0.261 e. The number of aromatic nitrogens is 1. The molecule has 0 aliphatic carbocycles. The van der Waals surface area contributed by atoms with E-state index in [0.29, 0.717) is 0 Å². The van der Waals surface area contributed by atoms with Crippen LogP contribution in [0.4, 0.5) is 0 Å². The summed E-state index contributed by atoms with van der Waals surface area (Å²) in [6.45, 7) is 2.87. The smallest absolute Gasteiger partial charge is 0.261 e. The van der Waals surface area contributed by atoms with Crippen LogP contribution in [0, 0.1) is 6.92 Å². The average Bonchev–Trinajstić information content (AvgIpc) is 3.10. The van der Waals surface area contributed by atoms with Gasteiger partial charge in [-0.15, -0.1) is 11.3 Å². The molecule has 1 saturated heterocycles. The molecule has 134 valence electrons. The van der Waals surface area contributed by atoms with E-state index in [9.17, 15) is 4.79 Å². The topological polar surface area (TPSA) is 42.4 Å². The normalized spacial score (nSPS) is 17.4. The standard InChI is InChI=1S/C21H22N2O2S/c1-15-7-6-8-16(13-15)25-14-20(24)23-12-5-4-10-18(23)21-22-17-9-2-3-11-19(17)26-21/h2-3,6-9,11,13,18H,4-5,10,12,14H2,1H3. The molecule has 1 fully saturated rings. The Morgan fingerprint density at radius 3 is 2.96 bits per heavy atom. The van der Waals surface area contributed by atoms with Gasteiger partial charge in [0.1, 0.15) is 10.8 Å². The number of amides is 1. The zero-order valence-corrected chi connectivity index (χ0v) is 15.7. The van der Waals surface area contributed by atoms with E-state index < -0.39 is 0 Å². The molecular formula is C21H22N2O2S. The number of piperidine rings is 1. The predicted molar refractivity (Wildman–Crippen MR) is 105 cm³/mol. The van der Waals surface area contributed by atoms with Crippen LogP contribution >= 0.6 is 11.3 Å². The van der Waals surface area contributed by atoms with Crippen molar-refractivity contribution in [3.63, 3.8) is 0 Å². The van der Waals surface area contributed by atoms with Crippen molar-refractivity contribution in [2.24, 2.45) is 0 Å². The second-order valence-corrected chi connectivity index (χ2v) is 7.79. The number of carbonyl (C=O) groups excluding carboxylic acids is 1. The number of aryl methyl sites for hydroxylation is 1. The second kappa shape index (κ2) is 7.46. The van der Waals surface area contributed by atoms with Crippen LogP contribution in [0.5, 0.6) is 5.75 Å². The Hall–Kier alpha value is -2.40. The van der Waals surface area contributed by atoms with E-state index in [-0.39, 0.29) is 18.6 Å². The molecule has 1 aromatic heterocycles. The van der Waals surface area contributed by atoms with Gasteiger partial charge in [0, 0.05) is 6.54 Å². The summed E-state index contributed by atoms with van der Waals surface area (Å²) in [6, 6.07) is 16.0. The fourth-order valence-corrected chi connectivity index (χ4v) is 4.57. The lowest BCUT2D eigenvalue weighted by Crippen LogP contribution is -2.41. The largest absolute Gasteiger partial charge is 0.484 e. The lowest BCUT2D eigenvalue weighted by molar-refractivity contribution is -0.137. The Morgan fingerprint density at radius 1 is 1.23 bits per heavy atom. The number of rotatable bonds is 4. The SMILES string of the molecule is Cc1cccc(OCC(=O)N2CCCCC2c2nc3ccccc3s2)c1. The van der Waals surface area contributed by atoms with Crippen LogP contribution in [0.2, 0.25) is 0 Å². The monoisotopic (exact) mass is 366 g/mol. The van der Waals surface area contributed by atoms with Gasteiger partial charge in [-0.05, 0) is 56.0 Å². The number of fused-ring (bicyclic) bond motifs is 1. The Kier molecular flexibility index (Phi) is 4.89. The van der Waals surface area contributed by atoms with Gasteiger partial charge in [-0.3, -0.25) is 4.79 Å². The Morgan fingerprint density at radius 2 is 2.12 bits per heavy atom. The van der Waals surface area contributed by atoms with E-state index in [2.05, 4.69) is 6.07 Å². The number of ether oxygens (including phenoxy) is 1. The predicted octanol–water partition coefficient (Wildman–Crippen LogP) is 4.74. The summed E-state index contributed by atoms with van der Waals surface area (Å²) in [4.78, 5) is 19.6. The molecule has 3 aromatic rings.